The Morgan fingerprint density at radius 1 is 1.00 bits per heavy atom. The van der Waals surface area contributed by atoms with E-state index >= 15 is 0 Å². The molecule has 1 aliphatic rings. The summed E-state index contributed by atoms with van der Waals surface area (Å²) in [5.74, 6) is -0.624. The molecule has 0 radical (unpaired) electrons. The van der Waals surface area contributed by atoms with Crippen molar-refractivity contribution in [1.29, 1.82) is 0 Å². The lowest BCUT2D eigenvalue weighted by Crippen LogP contribution is -2.30. The molecule has 0 bridgehead atoms. The summed E-state index contributed by atoms with van der Waals surface area (Å²) >= 11 is 0. The molecule has 0 atom stereocenters. The van der Waals surface area contributed by atoms with Gasteiger partial charge in [0.2, 0.25) is 0 Å². The van der Waals surface area contributed by atoms with Crippen molar-refractivity contribution in [2.45, 2.75) is 26.2 Å². The van der Waals surface area contributed by atoms with E-state index < -0.39 is 0 Å². The van der Waals surface area contributed by atoms with Crippen molar-refractivity contribution in [2.75, 3.05) is 23.3 Å². The van der Waals surface area contributed by atoms with Crippen LogP contribution in [0.4, 0.5) is 15.8 Å². The number of halogens is 1. The molecule has 2 heterocycles. The first kappa shape index (κ1) is 18.2. The van der Waals surface area contributed by atoms with Gasteiger partial charge in [0.15, 0.2) is 0 Å². The number of amides is 1. The van der Waals surface area contributed by atoms with Gasteiger partial charge in [-0.05, 0) is 50.5 Å². The van der Waals surface area contributed by atoms with Crippen LogP contribution in [-0.4, -0.2) is 28.8 Å². The second kappa shape index (κ2) is 7.84. The number of nitrogens with zero attached hydrogens (tertiary/aromatic N) is 3. The van der Waals surface area contributed by atoms with Crippen molar-refractivity contribution in [3.63, 3.8) is 0 Å². The molecule has 3 aromatic rings. The Labute approximate surface area is 163 Å². The monoisotopic (exact) mass is 378 g/mol. The van der Waals surface area contributed by atoms with Gasteiger partial charge in [-0.15, -0.1) is 0 Å². The van der Waals surface area contributed by atoms with Gasteiger partial charge in [-0.3, -0.25) is 4.79 Å². The highest BCUT2D eigenvalue weighted by atomic mass is 19.1. The maximum absolute atomic E-state index is 14.1. The predicted molar refractivity (Wildman–Crippen MR) is 109 cm³/mol. The first-order valence-electron chi connectivity index (χ1n) is 9.60. The zero-order chi connectivity index (χ0) is 19.5. The lowest BCUT2D eigenvalue weighted by molar-refractivity contribution is 0.102. The van der Waals surface area contributed by atoms with Gasteiger partial charge in [-0.1, -0.05) is 24.3 Å². The topological polar surface area (TPSA) is 50.2 Å². The second-order valence-corrected chi connectivity index (χ2v) is 7.03. The smallest absolute Gasteiger partial charge is 0.259 e. The summed E-state index contributed by atoms with van der Waals surface area (Å²) in [5, 5.41) is 7.24. The summed E-state index contributed by atoms with van der Waals surface area (Å²) in [6, 6.07) is 14.2. The van der Waals surface area contributed by atoms with Crippen LogP contribution in [0.25, 0.3) is 5.69 Å². The highest BCUT2D eigenvalue weighted by molar-refractivity contribution is 6.06. The average molecular weight is 378 g/mol. The Morgan fingerprint density at radius 3 is 2.43 bits per heavy atom. The minimum Gasteiger partial charge on any atom is -0.370 e. The SMILES string of the molecule is Cc1c(C(=O)Nc2ccccc2N2CCCCC2)cnn1-c1ccccc1F. The fraction of sp³-hybridized carbons (Fsp3) is 0.273. The van der Waals surface area contributed by atoms with E-state index in [0.29, 0.717) is 16.9 Å². The number of benzene rings is 2. The quantitative estimate of drug-likeness (QED) is 0.724. The summed E-state index contributed by atoms with van der Waals surface area (Å²) in [6.07, 6.45) is 5.06. The predicted octanol–water partition coefficient (Wildman–Crippen LogP) is 4.56. The fourth-order valence-corrected chi connectivity index (χ4v) is 3.68. The number of carbonyl (C=O) groups is 1. The molecule has 1 fully saturated rings. The third kappa shape index (κ3) is 3.50. The summed E-state index contributed by atoms with van der Waals surface area (Å²) in [6.45, 7) is 3.76. The molecule has 4 rings (SSSR count). The van der Waals surface area contributed by atoms with Crippen molar-refractivity contribution in [2.24, 2.45) is 0 Å². The Morgan fingerprint density at radius 2 is 1.68 bits per heavy atom. The van der Waals surface area contributed by atoms with Gasteiger partial charge in [0.1, 0.15) is 11.5 Å². The van der Waals surface area contributed by atoms with Gasteiger partial charge in [-0.25, -0.2) is 9.07 Å². The minimum atomic E-state index is -0.379. The number of hydrogen-bond donors (Lipinski definition) is 1. The van der Waals surface area contributed by atoms with Gasteiger partial charge in [-0.2, -0.15) is 5.10 Å². The van der Waals surface area contributed by atoms with Crippen LogP contribution in [0.5, 0.6) is 0 Å². The van der Waals surface area contributed by atoms with Crippen LogP contribution in [0, 0.1) is 12.7 Å². The van der Waals surface area contributed by atoms with E-state index in [4.69, 9.17) is 0 Å². The molecule has 28 heavy (non-hydrogen) atoms. The third-order valence-corrected chi connectivity index (χ3v) is 5.18. The zero-order valence-corrected chi connectivity index (χ0v) is 15.9. The van der Waals surface area contributed by atoms with Crippen LogP contribution < -0.4 is 10.2 Å². The van der Waals surface area contributed by atoms with Crippen LogP contribution in [0.15, 0.2) is 54.7 Å². The highest BCUT2D eigenvalue weighted by Gasteiger charge is 2.19. The Balaban J connectivity index is 1.60. The Kier molecular flexibility index (Phi) is 5.10. The Hall–Kier alpha value is -3.15. The maximum atomic E-state index is 14.1. The summed E-state index contributed by atoms with van der Waals surface area (Å²) in [5.41, 5.74) is 3.17. The number of carbonyl (C=O) groups excluding carboxylic acids is 1. The second-order valence-electron chi connectivity index (χ2n) is 7.03. The average Bonchev–Trinajstić information content (AvgIpc) is 3.11. The first-order chi connectivity index (χ1) is 13.6. The van der Waals surface area contributed by atoms with Crippen LogP contribution in [-0.2, 0) is 0 Å². The molecule has 0 unspecified atom stereocenters. The van der Waals surface area contributed by atoms with Crippen LogP contribution >= 0.6 is 0 Å². The largest absolute Gasteiger partial charge is 0.370 e. The summed E-state index contributed by atoms with van der Waals surface area (Å²) in [7, 11) is 0. The standard InChI is InChI=1S/C22H23FN4O/c1-16-17(15-24-27(16)20-11-5-3-9-18(20)23)22(28)25-19-10-4-6-12-21(19)26-13-7-2-8-14-26/h3-6,9-12,15H,2,7-8,13-14H2,1H3,(H,25,28). The molecule has 1 aromatic heterocycles. The lowest BCUT2D eigenvalue weighted by Gasteiger charge is -2.30. The molecule has 0 aliphatic carbocycles. The number of anilines is 2. The van der Waals surface area contributed by atoms with Crippen molar-refractivity contribution < 1.29 is 9.18 Å². The summed E-state index contributed by atoms with van der Waals surface area (Å²) in [4.78, 5) is 15.2. The lowest BCUT2D eigenvalue weighted by atomic mass is 10.1. The van der Waals surface area contributed by atoms with E-state index in [1.54, 1.807) is 25.1 Å². The molecule has 0 saturated carbocycles. The van der Waals surface area contributed by atoms with Crippen molar-refractivity contribution in [3.8, 4) is 5.69 Å². The fourth-order valence-electron chi connectivity index (χ4n) is 3.68. The number of piperidine rings is 1. The molecule has 1 amide bonds. The van der Waals surface area contributed by atoms with Gasteiger partial charge >= 0.3 is 0 Å². The molecule has 6 heteroatoms. The minimum absolute atomic E-state index is 0.246. The molecule has 0 spiro atoms. The van der Waals surface area contributed by atoms with Gasteiger partial charge in [0.25, 0.3) is 5.91 Å². The maximum Gasteiger partial charge on any atom is 0.259 e. The number of para-hydroxylation sites is 3. The molecular formula is C22H23FN4O. The number of hydrogen-bond acceptors (Lipinski definition) is 3. The van der Waals surface area contributed by atoms with E-state index in [1.165, 1.54) is 23.4 Å². The molecule has 2 aromatic carbocycles. The molecule has 1 aliphatic heterocycles. The van der Waals surface area contributed by atoms with Gasteiger partial charge in [0.05, 0.1) is 28.8 Å². The zero-order valence-electron chi connectivity index (χ0n) is 15.9. The van der Waals surface area contributed by atoms with Crippen molar-refractivity contribution in [1.82, 2.24) is 9.78 Å². The van der Waals surface area contributed by atoms with Crippen LogP contribution in [0.1, 0.15) is 35.3 Å². The summed E-state index contributed by atoms with van der Waals surface area (Å²) < 4.78 is 15.6. The van der Waals surface area contributed by atoms with E-state index in [9.17, 15) is 9.18 Å². The van der Waals surface area contributed by atoms with Crippen LogP contribution in [0.3, 0.4) is 0 Å². The highest BCUT2D eigenvalue weighted by Crippen LogP contribution is 2.29. The normalized spacial score (nSPS) is 14.1. The number of nitrogens with one attached hydrogen (secondary N) is 1. The molecular weight excluding hydrogens is 355 g/mol. The number of aromatic nitrogens is 2. The van der Waals surface area contributed by atoms with E-state index in [1.807, 2.05) is 24.3 Å². The molecule has 1 saturated heterocycles. The van der Waals surface area contributed by atoms with Gasteiger partial charge < -0.3 is 10.2 Å². The van der Waals surface area contributed by atoms with Crippen LogP contribution in [0.2, 0.25) is 0 Å². The van der Waals surface area contributed by atoms with Crippen molar-refractivity contribution in [3.05, 3.63) is 71.8 Å². The van der Waals surface area contributed by atoms with Crippen molar-refractivity contribution >= 4 is 17.3 Å². The Bertz CT molecular complexity index is 992. The molecule has 1 N–H and O–H groups in total. The first-order valence-corrected chi connectivity index (χ1v) is 9.60. The van der Waals surface area contributed by atoms with E-state index in [2.05, 4.69) is 15.3 Å². The van der Waals surface area contributed by atoms with E-state index in [-0.39, 0.29) is 11.7 Å². The van der Waals surface area contributed by atoms with Gasteiger partial charge in [0, 0.05) is 13.1 Å². The van der Waals surface area contributed by atoms with E-state index in [0.717, 1.165) is 37.3 Å². The third-order valence-electron chi connectivity index (χ3n) is 5.18. The molecule has 5 nitrogen and oxygen atoms in total. The molecule has 144 valence electrons. The number of rotatable bonds is 4.